The maximum Gasteiger partial charge on any atom is 0.317 e. The van der Waals surface area contributed by atoms with Crippen LogP contribution in [0, 0.1) is 19.8 Å². The van der Waals surface area contributed by atoms with E-state index in [1.165, 1.54) is 0 Å². The van der Waals surface area contributed by atoms with Crippen molar-refractivity contribution in [3.63, 3.8) is 0 Å². The number of piperidine rings is 1. The lowest BCUT2D eigenvalue weighted by Crippen LogP contribution is -2.46. The van der Waals surface area contributed by atoms with Gasteiger partial charge in [0.25, 0.3) is 0 Å². The number of urea groups is 1. The Hall–Kier alpha value is -2.24. The van der Waals surface area contributed by atoms with Gasteiger partial charge < -0.3 is 20.1 Å². The Bertz CT molecular complexity index is 545. The van der Waals surface area contributed by atoms with Crippen molar-refractivity contribution in [1.82, 2.24) is 10.2 Å². The van der Waals surface area contributed by atoms with Crippen molar-refractivity contribution in [1.29, 1.82) is 0 Å². The molecule has 6 heteroatoms. The van der Waals surface area contributed by atoms with Gasteiger partial charge in [-0.15, -0.1) is 0 Å². The van der Waals surface area contributed by atoms with E-state index >= 15 is 0 Å². The number of aryl methyl sites for hydroxylation is 2. The van der Waals surface area contributed by atoms with Crippen LogP contribution in [0.4, 0.5) is 4.79 Å². The molecule has 1 aromatic rings. The first-order valence-electron chi connectivity index (χ1n) is 7.93. The topological polar surface area (TPSA) is 78.9 Å². The van der Waals surface area contributed by atoms with Crippen molar-refractivity contribution in [2.75, 3.05) is 26.2 Å². The third-order valence-corrected chi connectivity index (χ3v) is 4.16. The van der Waals surface area contributed by atoms with Crippen molar-refractivity contribution >= 4 is 12.0 Å². The highest BCUT2D eigenvalue weighted by atomic mass is 16.5. The number of hydrogen-bond donors (Lipinski definition) is 2. The fraction of sp³-hybridized carbons (Fsp3) is 0.529. The van der Waals surface area contributed by atoms with Gasteiger partial charge in [-0.25, -0.2) is 4.79 Å². The molecular formula is C17H24N2O4. The van der Waals surface area contributed by atoms with Crippen LogP contribution in [-0.4, -0.2) is 48.2 Å². The largest absolute Gasteiger partial charge is 0.491 e. The van der Waals surface area contributed by atoms with E-state index in [0.29, 0.717) is 39.1 Å². The molecule has 1 heterocycles. The van der Waals surface area contributed by atoms with Crippen LogP contribution >= 0.6 is 0 Å². The van der Waals surface area contributed by atoms with Crippen LogP contribution in [0.1, 0.15) is 24.0 Å². The van der Waals surface area contributed by atoms with E-state index in [-0.39, 0.29) is 11.9 Å². The SMILES string of the molecule is Cc1cccc(C)c1OCCNC(=O)N1CCC(C(=O)O)CC1. The van der Waals surface area contributed by atoms with E-state index in [1.54, 1.807) is 4.90 Å². The zero-order valence-corrected chi connectivity index (χ0v) is 13.7. The average Bonchev–Trinajstić information content (AvgIpc) is 2.53. The molecule has 1 aliphatic heterocycles. The second kappa shape index (κ2) is 7.85. The molecule has 0 bridgehead atoms. The van der Waals surface area contributed by atoms with Gasteiger partial charge in [0.05, 0.1) is 12.5 Å². The van der Waals surface area contributed by atoms with Gasteiger partial charge in [-0.2, -0.15) is 0 Å². The van der Waals surface area contributed by atoms with Crippen LogP contribution in [0.5, 0.6) is 5.75 Å². The quantitative estimate of drug-likeness (QED) is 0.815. The van der Waals surface area contributed by atoms with Gasteiger partial charge in [0, 0.05) is 13.1 Å². The highest BCUT2D eigenvalue weighted by Gasteiger charge is 2.26. The summed E-state index contributed by atoms with van der Waals surface area (Å²) >= 11 is 0. The predicted octanol–water partition coefficient (Wildman–Crippen LogP) is 2.19. The van der Waals surface area contributed by atoms with Gasteiger partial charge in [0.15, 0.2) is 0 Å². The molecule has 0 aliphatic carbocycles. The molecule has 1 saturated heterocycles. The summed E-state index contributed by atoms with van der Waals surface area (Å²) in [7, 11) is 0. The van der Waals surface area contributed by atoms with Gasteiger partial charge in [-0.05, 0) is 37.8 Å². The number of carboxylic acids is 1. The minimum Gasteiger partial charge on any atom is -0.491 e. The molecule has 0 radical (unpaired) electrons. The molecule has 126 valence electrons. The number of likely N-dealkylation sites (tertiary alicyclic amines) is 1. The number of benzene rings is 1. The van der Waals surface area contributed by atoms with Crippen LogP contribution in [-0.2, 0) is 4.79 Å². The van der Waals surface area contributed by atoms with Crippen molar-refractivity contribution in [2.24, 2.45) is 5.92 Å². The van der Waals surface area contributed by atoms with Crippen LogP contribution in [0.25, 0.3) is 0 Å². The minimum absolute atomic E-state index is 0.154. The Morgan fingerprint density at radius 2 is 1.87 bits per heavy atom. The van der Waals surface area contributed by atoms with E-state index in [1.807, 2.05) is 32.0 Å². The smallest absolute Gasteiger partial charge is 0.317 e. The lowest BCUT2D eigenvalue weighted by Gasteiger charge is -2.30. The highest BCUT2D eigenvalue weighted by Crippen LogP contribution is 2.22. The summed E-state index contributed by atoms with van der Waals surface area (Å²) in [5, 5.41) is 11.8. The molecule has 0 unspecified atom stereocenters. The second-order valence-corrected chi connectivity index (χ2v) is 5.90. The number of nitrogens with zero attached hydrogens (tertiary/aromatic N) is 1. The van der Waals surface area contributed by atoms with Crippen LogP contribution in [0.15, 0.2) is 18.2 Å². The van der Waals surface area contributed by atoms with Crippen molar-refractivity contribution in [3.05, 3.63) is 29.3 Å². The number of rotatable bonds is 5. The Morgan fingerprint density at radius 3 is 2.43 bits per heavy atom. The Labute approximate surface area is 136 Å². The van der Waals surface area contributed by atoms with Crippen LogP contribution in [0.2, 0.25) is 0 Å². The van der Waals surface area contributed by atoms with E-state index in [0.717, 1.165) is 16.9 Å². The number of carboxylic acid groups (broad SMARTS) is 1. The normalized spacial score (nSPS) is 15.3. The number of carbonyl (C=O) groups is 2. The number of para-hydroxylation sites is 1. The summed E-state index contributed by atoms with van der Waals surface area (Å²) in [5.74, 6) is -0.234. The molecule has 1 fully saturated rings. The lowest BCUT2D eigenvalue weighted by atomic mass is 9.97. The maximum atomic E-state index is 12.0. The third-order valence-electron chi connectivity index (χ3n) is 4.16. The monoisotopic (exact) mass is 320 g/mol. The molecule has 1 aliphatic rings. The molecule has 6 nitrogen and oxygen atoms in total. The molecule has 0 spiro atoms. The Kier molecular flexibility index (Phi) is 5.84. The molecule has 1 aromatic carbocycles. The molecule has 0 atom stereocenters. The van der Waals surface area contributed by atoms with Crippen LogP contribution < -0.4 is 10.1 Å². The number of nitrogens with one attached hydrogen (secondary N) is 1. The first-order valence-corrected chi connectivity index (χ1v) is 7.93. The molecule has 0 aromatic heterocycles. The maximum absolute atomic E-state index is 12.0. The summed E-state index contributed by atoms with van der Waals surface area (Å²) < 4.78 is 5.74. The minimum atomic E-state index is -0.771. The summed E-state index contributed by atoms with van der Waals surface area (Å²) in [4.78, 5) is 24.6. The number of ether oxygens (including phenoxy) is 1. The van der Waals surface area contributed by atoms with Crippen molar-refractivity contribution in [3.8, 4) is 5.75 Å². The zero-order chi connectivity index (χ0) is 16.8. The summed E-state index contributed by atoms with van der Waals surface area (Å²) in [6, 6.07) is 5.82. The first-order chi connectivity index (χ1) is 11.0. The Balaban J connectivity index is 1.70. The summed E-state index contributed by atoms with van der Waals surface area (Å²) in [5.41, 5.74) is 2.15. The Morgan fingerprint density at radius 1 is 1.26 bits per heavy atom. The van der Waals surface area contributed by atoms with Gasteiger partial charge in [-0.3, -0.25) is 4.79 Å². The van der Waals surface area contributed by atoms with E-state index in [9.17, 15) is 9.59 Å². The first kappa shape index (κ1) is 17.1. The average molecular weight is 320 g/mol. The third kappa shape index (κ3) is 4.61. The predicted molar refractivity (Wildman–Crippen MR) is 86.7 cm³/mol. The van der Waals surface area contributed by atoms with Crippen molar-refractivity contribution in [2.45, 2.75) is 26.7 Å². The molecule has 2 N–H and O–H groups in total. The molecule has 2 rings (SSSR count). The van der Waals surface area contributed by atoms with Gasteiger partial charge >= 0.3 is 12.0 Å². The molecular weight excluding hydrogens is 296 g/mol. The fourth-order valence-electron chi connectivity index (χ4n) is 2.78. The second-order valence-electron chi connectivity index (χ2n) is 5.90. The summed E-state index contributed by atoms with van der Waals surface area (Å²) in [6.45, 7) is 5.79. The van der Waals surface area contributed by atoms with Gasteiger partial charge in [0.2, 0.25) is 0 Å². The van der Waals surface area contributed by atoms with Crippen molar-refractivity contribution < 1.29 is 19.4 Å². The van der Waals surface area contributed by atoms with E-state index in [2.05, 4.69) is 5.32 Å². The number of carbonyl (C=O) groups excluding carboxylic acids is 1. The van der Waals surface area contributed by atoms with Gasteiger partial charge in [0.1, 0.15) is 12.4 Å². The standard InChI is InChI=1S/C17H24N2O4/c1-12-4-3-5-13(2)15(12)23-11-8-18-17(22)19-9-6-14(7-10-19)16(20)21/h3-5,14H,6-11H2,1-2H3,(H,18,22)(H,20,21). The van der Waals surface area contributed by atoms with E-state index in [4.69, 9.17) is 9.84 Å². The highest BCUT2D eigenvalue weighted by molar-refractivity contribution is 5.75. The fourth-order valence-corrected chi connectivity index (χ4v) is 2.78. The zero-order valence-electron chi connectivity index (χ0n) is 13.7. The summed E-state index contributed by atoms with van der Waals surface area (Å²) in [6.07, 6.45) is 1.03. The molecule has 2 amide bonds. The number of aliphatic carboxylic acids is 1. The number of hydrogen-bond acceptors (Lipinski definition) is 3. The molecule has 23 heavy (non-hydrogen) atoms. The van der Waals surface area contributed by atoms with E-state index < -0.39 is 5.97 Å². The molecule has 0 saturated carbocycles. The van der Waals surface area contributed by atoms with Gasteiger partial charge in [-0.1, -0.05) is 18.2 Å². The van der Waals surface area contributed by atoms with Crippen LogP contribution in [0.3, 0.4) is 0 Å². The lowest BCUT2D eigenvalue weighted by molar-refractivity contribution is -0.143. The number of amides is 2.